The van der Waals surface area contributed by atoms with Crippen LogP contribution in [0.4, 0.5) is 0 Å². The lowest BCUT2D eigenvalue weighted by Crippen LogP contribution is -2.25. The first kappa shape index (κ1) is 14.2. The van der Waals surface area contributed by atoms with Crippen LogP contribution in [0.15, 0.2) is 29.9 Å². The number of rotatable bonds is 8. The topological polar surface area (TPSA) is 39.1 Å². The second-order valence-corrected chi connectivity index (χ2v) is 5.48. The molecule has 19 heavy (non-hydrogen) atoms. The van der Waals surface area contributed by atoms with Crippen molar-refractivity contribution in [2.75, 3.05) is 20.3 Å². The minimum Gasteiger partial charge on any atom is -0.385 e. The highest BCUT2D eigenvalue weighted by molar-refractivity contribution is 7.10. The summed E-state index contributed by atoms with van der Waals surface area (Å²) in [5.74, 6) is 1.06. The van der Waals surface area contributed by atoms with Crippen LogP contribution in [0.1, 0.15) is 29.6 Å². The maximum absolute atomic E-state index is 5.07. The van der Waals surface area contributed by atoms with E-state index in [0.717, 1.165) is 31.8 Å². The van der Waals surface area contributed by atoms with Gasteiger partial charge in [-0.2, -0.15) is 0 Å². The molecule has 2 heterocycles. The quantitative estimate of drug-likeness (QED) is 0.755. The third-order valence-corrected chi connectivity index (χ3v) is 4.01. The summed E-state index contributed by atoms with van der Waals surface area (Å²) in [6, 6.07) is 4.43. The third-order valence-electron chi connectivity index (χ3n) is 3.07. The van der Waals surface area contributed by atoms with Crippen molar-refractivity contribution in [3.63, 3.8) is 0 Å². The fourth-order valence-electron chi connectivity index (χ4n) is 2.05. The molecule has 0 bridgehead atoms. The summed E-state index contributed by atoms with van der Waals surface area (Å²) in [6.07, 6.45) is 6.03. The van der Waals surface area contributed by atoms with E-state index in [-0.39, 0.29) is 6.04 Å². The first-order valence-corrected chi connectivity index (χ1v) is 7.44. The van der Waals surface area contributed by atoms with Gasteiger partial charge in [0.05, 0.1) is 0 Å². The molecular weight excluding hydrogens is 258 g/mol. The van der Waals surface area contributed by atoms with E-state index in [9.17, 15) is 0 Å². The standard InChI is InChI=1S/C14H21N3OS/c1-17-9-8-16-14(17)13(12-6-5-11-19-12)15-7-3-4-10-18-2/h5-6,8-9,11,13,15H,3-4,7,10H2,1-2H3. The molecule has 1 atom stereocenters. The number of ether oxygens (including phenoxy) is 1. The lowest BCUT2D eigenvalue weighted by Gasteiger charge is -2.17. The fourth-order valence-corrected chi connectivity index (χ4v) is 2.84. The number of aromatic nitrogens is 2. The van der Waals surface area contributed by atoms with E-state index < -0.39 is 0 Å². The molecule has 1 unspecified atom stereocenters. The molecule has 2 rings (SSSR count). The van der Waals surface area contributed by atoms with Gasteiger partial charge in [0.1, 0.15) is 11.9 Å². The van der Waals surface area contributed by atoms with E-state index in [0.29, 0.717) is 0 Å². The summed E-state index contributed by atoms with van der Waals surface area (Å²) in [5, 5.41) is 5.70. The number of methoxy groups -OCH3 is 1. The van der Waals surface area contributed by atoms with Gasteiger partial charge in [0, 0.05) is 38.0 Å². The lowest BCUT2D eigenvalue weighted by molar-refractivity contribution is 0.192. The molecule has 0 aliphatic rings. The number of thiophene rings is 1. The molecule has 0 aliphatic carbocycles. The number of imidazole rings is 1. The van der Waals surface area contributed by atoms with Gasteiger partial charge in [0.25, 0.3) is 0 Å². The number of aryl methyl sites for hydroxylation is 1. The van der Waals surface area contributed by atoms with Crippen LogP contribution in [-0.4, -0.2) is 29.8 Å². The molecule has 0 aromatic carbocycles. The van der Waals surface area contributed by atoms with E-state index in [4.69, 9.17) is 4.74 Å². The van der Waals surface area contributed by atoms with Crippen molar-refractivity contribution >= 4 is 11.3 Å². The molecule has 104 valence electrons. The molecule has 0 aliphatic heterocycles. The van der Waals surface area contributed by atoms with E-state index in [2.05, 4.69) is 32.4 Å². The number of nitrogens with zero attached hydrogens (tertiary/aromatic N) is 2. The van der Waals surface area contributed by atoms with Crippen LogP contribution in [0.2, 0.25) is 0 Å². The Bertz CT molecular complexity index is 467. The highest BCUT2D eigenvalue weighted by atomic mass is 32.1. The first-order chi connectivity index (χ1) is 9.33. The SMILES string of the molecule is COCCCCNC(c1cccs1)c1nccn1C. The van der Waals surface area contributed by atoms with Crippen molar-refractivity contribution in [3.05, 3.63) is 40.6 Å². The van der Waals surface area contributed by atoms with E-state index in [1.165, 1.54) is 4.88 Å². The maximum Gasteiger partial charge on any atom is 0.131 e. The van der Waals surface area contributed by atoms with Gasteiger partial charge in [0.15, 0.2) is 0 Å². The Morgan fingerprint density at radius 3 is 3.00 bits per heavy atom. The molecule has 2 aromatic heterocycles. The minimum atomic E-state index is 0.183. The van der Waals surface area contributed by atoms with Crippen molar-refractivity contribution in [1.82, 2.24) is 14.9 Å². The van der Waals surface area contributed by atoms with Gasteiger partial charge in [-0.25, -0.2) is 4.98 Å². The largest absolute Gasteiger partial charge is 0.385 e. The molecule has 0 saturated carbocycles. The zero-order valence-corrected chi connectivity index (χ0v) is 12.3. The first-order valence-electron chi connectivity index (χ1n) is 6.56. The van der Waals surface area contributed by atoms with Crippen LogP contribution in [-0.2, 0) is 11.8 Å². The van der Waals surface area contributed by atoms with Crippen LogP contribution in [0.5, 0.6) is 0 Å². The predicted molar refractivity (Wildman–Crippen MR) is 78.5 cm³/mol. The van der Waals surface area contributed by atoms with E-state index in [1.807, 2.05) is 19.4 Å². The number of nitrogens with one attached hydrogen (secondary N) is 1. The molecule has 2 aromatic rings. The van der Waals surface area contributed by atoms with Crippen molar-refractivity contribution in [3.8, 4) is 0 Å². The molecule has 0 amide bonds. The van der Waals surface area contributed by atoms with Crippen molar-refractivity contribution in [1.29, 1.82) is 0 Å². The molecule has 0 fully saturated rings. The Balaban J connectivity index is 1.98. The highest BCUT2D eigenvalue weighted by Gasteiger charge is 2.18. The molecule has 0 radical (unpaired) electrons. The van der Waals surface area contributed by atoms with Crippen LogP contribution in [0.25, 0.3) is 0 Å². The average molecular weight is 279 g/mol. The molecule has 1 N–H and O–H groups in total. The van der Waals surface area contributed by atoms with Crippen molar-refractivity contribution in [2.45, 2.75) is 18.9 Å². The average Bonchev–Trinajstić information content (AvgIpc) is 3.06. The Labute approximate surface area is 118 Å². The summed E-state index contributed by atoms with van der Waals surface area (Å²) in [4.78, 5) is 5.78. The van der Waals surface area contributed by atoms with Crippen LogP contribution in [0, 0.1) is 0 Å². The summed E-state index contributed by atoms with van der Waals surface area (Å²) < 4.78 is 7.15. The van der Waals surface area contributed by atoms with Gasteiger partial charge in [-0.05, 0) is 30.8 Å². The van der Waals surface area contributed by atoms with Crippen molar-refractivity contribution < 1.29 is 4.74 Å². The normalized spacial score (nSPS) is 12.7. The highest BCUT2D eigenvalue weighted by Crippen LogP contribution is 2.24. The zero-order chi connectivity index (χ0) is 13.5. The molecule has 0 saturated heterocycles. The number of unbranched alkanes of at least 4 members (excludes halogenated alkanes) is 1. The van der Waals surface area contributed by atoms with Crippen LogP contribution in [0.3, 0.4) is 0 Å². The Kier molecular flexibility index (Phi) is 5.57. The number of hydrogen-bond acceptors (Lipinski definition) is 4. The maximum atomic E-state index is 5.07. The second kappa shape index (κ2) is 7.43. The Hall–Kier alpha value is -1.17. The lowest BCUT2D eigenvalue weighted by atomic mass is 10.2. The zero-order valence-electron chi connectivity index (χ0n) is 11.5. The van der Waals surface area contributed by atoms with E-state index in [1.54, 1.807) is 18.4 Å². The van der Waals surface area contributed by atoms with Gasteiger partial charge in [0.2, 0.25) is 0 Å². The Morgan fingerprint density at radius 1 is 1.47 bits per heavy atom. The monoisotopic (exact) mass is 279 g/mol. The third kappa shape index (κ3) is 3.89. The summed E-state index contributed by atoms with van der Waals surface area (Å²) in [6.45, 7) is 1.80. The van der Waals surface area contributed by atoms with Gasteiger partial charge in [-0.15, -0.1) is 11.3 Å². The smallest absolute Gasteiger partial charge is 0.131 e. The van der Waals surface area contributed by atoms with Gasteiger partial charge < -0.3 is 14.6 Å². The summed E-state index contributed by atoms with van der Waals surface area (Å²) in [5.41, 5.74) is 0. The minimum absolute atomic E-state index is 0.183. The molecule has 4 nitrogen and oxygen atoms in total. The van der Waals surface area contributed by atoms with Crippen molar-refractivity contribution in [2.24, 2.45) is 7.05 Å². The van der Waals surface area contributed by atoms with Gasteiger partial charge in [-0.3, -0.25) is 0 Å². The second-order valence-electron chi connectivity index (χ2n) is 4.50. The van der Waals surface area contributed by atoms with E-state index >= 15 is 0 Å². The molecule has 5 heteroatoms. The predicted octanol–water partition coefficient (Wildman–Crippen LogP) is 2.59. The molecular formula is C14H21N3OS. The number of hydrogen-bond donors (Lipinski definition) is 1. The van der Waals surface area contributed by atoms with Gasteiger partial charge >= 0.3 is 0 Å². The summed E-state index contributed by atoms with van der Waals surface area (Å²) >= 11 is 1.77. The Morgan fingerprint density at radius 2 is 2.37 bits per heavy atom. The van der Waals surface area contributed by atoms with Crippen LogP contribution >= 0.6 is 11.3 Å². The fraction of sp³-hybridized carbons (Fsp3) is 0.500. The van der Waals surface area contributed by atoms with Gasteiger partial charge in [-0.1, -0.05) is 6.07 Å². The molecule has 0 spiro atoms. The van der Waals surface area contributed by atoms with Crippen LogP contribution < -0.4 is 5.32 Å². The summed E-state index contributed by atoms with van der Waals surface area (Å²) in [7, 11) is 3.78.